The molecule has 1 atom stereocenters. The first kappa shape index (κ1) is 8.93. The van der Waals surface area contributed by atoms with Crippen molar-refractivity contribution < 1.29 is 9.90 Å². The number of aromatic nitrogens is 2. The lowest BCUT2D eigenvalue weighted by Gasteiger charge is -2.08. The Kier molecular flexibility index (Phi) is 1.87. The van der Waals surface area contributed by atoms with Crippen molar-refractivity contribution in [2.24, 2.45) is 0 Å². The van der Waals surface area contributed by atoms with Crippen LogP contribution in [0.2, 0.25) is 0 Å². The van der Waals surface area contributed by atoms with Crippen LogP contribution in [0, 0.1) is 0 Å². The summed E-state index contributed by atoms with van der Waals surface area (Å²) in [4.78, 5) is 26.3. The lowest BCUT2D eigenvalue weighted by atomic mass is 10.2. The highest BCUT2D eigenvalue weighted by Gasteiger charge is 2.23. The molecule has 1 aromatic rings. The molecule has 1 aromatic heterocycles. The Labute approximate surface area is 80.0 Å². The number of aryl methyl sites for hydroxylation is 1. The molecule has 1 aliphatic heterocycles. The van der Waals surface area contributed by atoms with Crippen LogP contribution in [-0.4, -0.2) is 20.6 Å². The third kappa shape index (κ3) is 1.13. The SMILES string of the molecule is CC1CCc2ncc(C(=O)O)c(=O)n21. The van der Waals surface area contributed by atoms with Gasteiger partial charge in [-0.2, -0.15) is 0 Å². The van der Waals surface area contributed by atoms with Crippen LogP contribution in [-0.2, 0) is 6.42 Å². The standard InChI is InChI=1S/C9H10N2O3/c1-5-2-3-7-10-4-6(9(13)14)8(12)11(5)7/h4-5H,2-3H2,1H3,(H,13,14). The van der Waals surface area contributed by atoms with Gasteiger partial charge in [0, 0.05) is 18.7 Å². The maximum Gasteiger partial charge on any atom is 0.342 e. The van der Waals surface area contributed by atoms with Crippen LogP contribution < -0.4 is 5.56 Å². The van der Waals surface area contributed by atoms with Crippen molar-refractivity contribution in [3.05, 3.63) is 27.9 Å². The highest BCUT2D eigenvalue weighted by atomic mass is 16.4. The first-order valence-corrected chi connectivity index (χ1v) is 4.45. The molecular weight excluding hydrogens is 184 g/mol. The fourth-order valence-corrected chi connectivity index (χ4v) is 1.76. The molecule has 0 aliphatic carbocycles. The van der Waals surface area contributed by atoms with E-state index in [2.05, 4.69) is 4.98 Å². The molecule has 0 saturated carbocycles. The number of hydrogen-bond acceptors (Lipinski definition) is 3. The molecule has 1 N–H and O–H groups in total. The van der Waals surface area contributed by atoms with Crippen molar-refractivity contribution in [3.8, 4) is 0 Å². The van der Waals surface area contributed by atoms with Crippen LogP contribution in [0.1, 0.15) is 35.6 Å². The van der Waals surface area contributed by atoms with E-state index >= 15 is 0 Å². The predicted molar refractivity (Wildman–Crippen MR) is 48.5 cm³/mol. The molecule has 5 nitrogen and oxygen atoms in total. The van der Waals surface area contributed by atoms with Crippen molar-refractivity contribution >= 4 is 5.97 Å². The molecule has 2 rings (SSSR count). The Morgan fingerprint density at radius 2 is 2.43 bits per heavy atom. The summed E-state index contributed by atoms with van der Waals surface area (Å²) in [6.45, 7) is 1.89. The van der Waals surface area contributed by atoms with Crippen molar-refractivity contribution in [3.63, 3.8) is 0 Å². The Bertz CT molecular complexity index is 450. The van der Waals surface area contributed by atoms with Crippen LogP contribution in [0.5, 0.6) is 0 Å². The Morgan fingerprint density at radius 3 is 3.07 bits per heavy atom. The summed E-state index contributed by atoms with van der Waals surface area (Å²) in [5.74, 6) is -0.524. The van der Waals surface area contributed by atoms with E-state index in [1.165, 1.54) is 4.57 Å². The van der Waals surface area contributed by atoms with E-state index < -0.39 is 11.5 Å². The fraction of sp³-hybridized carbons (Fsp3) is 0.444. The van der Waals surface area contributed by atoms with Crippen LogP contribution in [0.3, 0.4) is 0 Å². The topological polar surface area (TPSA) is 72.2 Å². The molecule has 2 heterocycles. The highest BCUT2D eigenvalue weighted by molar-refractivity contribution is 5.86. The van der Waals surface area contributed by atoms with E-state index in [1.54, 1.807) is 0 Å². The van der Waals surface area contributed by atoms with Crippen LogP contribution in [0.25, 0.3) is 0 Å². The minimum Gasteiger partial charge on any atom is -0.477 e. The zero-order chi connectivity index (χ0) is 10.3. The highest BCUT2D eigenvalue weighted by Crippen LogP contribution is 2.20. The van der Waals surface area contributed by atoms with Gasteiger partial charge in [-0.25, -0.2) is 9.78 Å². The normalized spacial score (nSPS) is 19.4. The van der Waals surface area contributed by atoms with E-state index in [9.17, 15) is 9.59 Å². The first-order valence-electron chi connectivity index (χ1n) is 4.45. The van der Waals surface area contributed by atoms with Crippen LogP contribution in [0.4, 0.5) is 0 Å². The van der Waals surface area contributed by atoms with Crippen molar-refractivity contribution in [2.75, 3.05) is 0 Å². The second-order valence-corrected chi connectivity index (χ2v) is 3.46. The van der Waals surface area contributed by atoms with Gasteiger partial charge >= 0.3 is 5.97 Å². The number of hydrogen-bond donors (Lipinski definition) is 1. The third-order valence-corrected chi connectivity index (χ3v) is 2.53. The summed E-state index contributed by atoms with van der Waals surface area (Å²) < 4.78 is 1.48. The molecule has 74 valence electrons. The van der Waals surface area contributed by atoms with Crippen LogP contribution in [0.15, 0.2) is 11.0 Å². The number of nitrogens with zero attached hydrogens (tertiary/aromatic N) is 2. The summed E-state index contributed by atoms with van der Waals surface area (Å²) in [7, 11) is 0. The summed E-state index contributed by atoms with van der Waals surface area (Å²) in [6.07, 6.45) is 2.75. The second-order valence-electron chi connectivity index (χ2n) is 3.46. The molecule has 1 aliphatic rings. The number of carboxylic acids is 1. The number of rotatable bonds is 1. The lowest BCUT2D eigenvalue weighted by molar-refractivity contribution is 0.0693. The first-order chi connectivity index (χ1) is 6.61. The molecule has 1 unspecified atom stereocenters. The number of carboxylic acid groups (broad SMARTS) is 1. The van der Waals surface area contributed by atoms with Gasteiger partial charge in [-0.05, 0) is 13.3 Å². The average molecular weight is 194 g/mol. The quantitative estimate of drug-likeness (QED) is 0.704. The number of carbonyl (C=O) groups is 1. The van der Waals surface area contributed by atoms with E-state index in [-0.39, 0.29) is 11.6 Å². The molecule has 0 bridgehead atoms. The van der Waals surface area contributed by atoms with Gasteiger partial charge in [-0.15, -0.1) is 0 Å². The number of fused-ring (bicyclic) bond motifs is 1. The van der Waals surface area contributed by atoms with Crippen LogP contribution >= 0.6 is 0 Å². The molecule has 14 heavy (non-hydrogen) atoms. The molecule has 0 amide bonds. The summed E-state index contributed by atoms with van der Waals surface area (Å²) >= 11 is 0. The van der Waals surface area contributed by atoms with E-state index in [1.807, 2.05) is 6.92 Å². The van der Waals surface area contributed by atoms with E-state index in [0.717, 1.165) is 19.0 Å². The van der Waals surface area contributed by atoms with E-state index in [0.29, 0.717) is 5.82 Å². The Morgan fingerprint density at radius 1 is 1.71 bits per heavy atom. The average Bonchev–Trinajstić information content (AvgIpc) is 2.48. The van der Waals surface area contributed by atoms with Crippen molar-refractivity contribution in [1.82, 2.24) is 9.55 Å². The van der Waals surface area contributed by atoms with Gasteiger partial charge in [-0.1, -0.05) is 0 Å². The molecule has 0 spiro atoms. The van der Waals surface area contributed by atoms with Gasteiger partial charge in [0.25, 0.3) is 5.56 Å². The maximum atomic E-state index is 11.7. The molecular formula is C9H10N2O3. The maximum absolute atomic E-state index is 11.7. The minimum atomic E-state index is -1.21. The molecule has 0 fully saturated rings. The predicted octanol–water partition coefficient (Wildman–Crippen LogP) is 0.449. The van der Waals surface area contributed by atoms with Gasteiger partial charge in [0.1, 0.15) is 11.4 Å². The third-order valence-electron chi connectivity index (χ3n) is 2.53. The number of aromatic carboxylic acids is 1. The lowest BCUT2D eigenvalue weighted by Crippen LogP contribution is -2.28. The van der Waals surface area contributed by atoms with Crippen molar-refractivity contribution in [2.45, 2.75) is 25.8 Å². The van der Waals surface area contributed by atoms with Gasteiger partial charge in [-0.3, -0.25) is 9.36 Å². The zero-order valence-electron chi connectivity index (χ0n) is 7.73. The fourth-order valence-electron chi connectivity index (χ4n) is 1.76. The summed E-state index contributed by atoms with van der Waals surface area (Å²) in [5.41, 5.74) is -0.685. The molecule has 5 heteroatoms. The van der Waals surface area contributed by atoms with Crippen molar-refractivity contribution in [1.29, 1.82) is 0 Å². The molecule has 0 saturated heterocycles. The Hall–Kier alpha value is -1.65. The second kappa shape index (κ2) is 2.94. The summed E-state index contributed by atoms with van der Waals surface area (Å²) in [6, 6.07) is 0.0595. The van der Waals surface area contributed by atoms with Gasteiger partial charge in [0.05, 0.1) is 0 Å². The van der Waals surface area contributed by atoms with Gasteiger partial charge in [0.15, 0.2) is 0 Å². The van der Waals surface area contributed by atoms with Gasteiger partial charge < -0.3 is 5.11 Å². The van der Waals surface area contributed by atoms with Gasteiger partial charge in [0.2, 0.25) is 0 Å². The minimum absolute atomic E-state index is 0.0595. The smallest absolute Gasteiger partial charge is 0.342 e. The molecule has 0 aromatic carbocycles. The monoisotopic (exact) mass is 194 g/mol. The Balaban J connectivity index is 2.68. The van der Waals surface area contributed by atoms with E-state index in [4.69, 9.17) is 5.11 Å². The summed E-state index contributed by atoms with van der Waals surface area (Å²) in [5, 5.41) is 8.73. The zero-order valence-corrected chi connectivity index (χ0v) is 7.73. The molecule has 0 radical (unpaired) electrons. The largest absolute Gasteiger partial charge is 0.477 e.